The Kier molecular flexibility index (Phi) is 4.65. The van der Waals surface area contributed by atoms with Crippen molar-refractivity contribution in [1.29, 1.82) is 0 Å². The van der Waals surface area contributed by atoms with Crippen molar-refractivity contribution in [3.8, 4) is 0 Å². The number of nitrogens with one attached hydrogen (secondary N) is 2. The summed E-state index contributed by atoms with van der Waals surface area (Å²) in [7, 11) is 1.85. The van der Waals surface area contributed by atoms with E-state index in [0.717, 1.165) is 23.8 Å². The number of amides is 1. The van der Waals surface area contributed by atoms with Crippen molar-refractivity contribution < 1.29 is 13.6 Å². The SMILES string of the molecule is CNC(C)c1ccc(NC(=O)c2cc(F)ccc2F)cc1. The van der Waals surface area contributed by atoms with Gasteiger partial charge in [0.25, 0.3) is 5.91 Å². The van der Waals surface area contributed by atoms with Gasteiger partial charge in [-0.2, -0.15) is 0 Å². The lowest BCUT2D eigenvalue weighted by atomic mass is 10.1. The van der Waals surface area contributed by atoms with Crippen LogP contribution in [-0.2, 0) is 0 Å². The predicted molar refractivity (Wildman–Crippen MR) is 78.2 cm³/mol. The fourth-order valence-corrected chi connectivity index (χ4v) is 1.89. The highest BCUT2D eigenvalue weighted by Gasteiger charge is 2.13. The third kappa shape index (κ3) is 3.64. The molecule has 0 aliphatic rings. The largest absolute Gasteiger partial charge is 0.322 e. The number of hydrogen-bond acceptors (Lipinski definition) is 2. The van der Waals surface area contributed by atoms with E-state index in [0.29, 0.717) is 5.69 Å². The zero-order valence-corrected chi connectivity index (χ0v) is 11.8. The molecule has 0 fully saturated rings. The quantitative estimate of drug-likeness (QED) is 0.905. The summed E-state index contributed by atoms with van der Waals surface area (Å²) in [6.07, 6.45) is 0. The van der Waals surface area contributed by atoms with E-state index < -0.39 is 17.5 Å². The van der Waals surface area contributed by atoms with E-state index >= 15 is 0 Å². The number of benzene rings is 2. The average Bonchev–Trinajstić information content (AvgIpc) is 2.49. The Morgan fingerprint density at radius 3 is 2.38 bits per heavy atom. The molecule has 0 radical (unpaired) electrons. The van der Waals surface area contributed by atoms with Gasteiger partial charge in [-0.3, -0.25) is 4.79 Å². The number of rotatable bonds is 4. The molecular formula is C16H16F2N2O. The second-order valence-corrected chi connectivity index (χ2v) is 4.71. The Labute approximate surface area is 122 Å². The molecule has 21 heavy (non-hydrogen) atoms. The van der Waals surface area contributed by atoms with Crippen LogP contribution in [0.5, 0.6) is 0 Å². The van der Waals surface area contributed by atoms with Crippen LogP contribution in [0, 0.1) is 11.6 Å². The van der Waals surface area contributed by atoms with Crippen molar-refractivity contribution in [2.45, 2.75) is 13.0 Å². The summed E-state index contributed by atoms with van der Waals surface area (Å²) in [4.78, 5) is 11.9. The second kappa shape index (κ2) is 6.45. The molecular weight excluding hydrogens is 274 g/mol. The van der Waals surface area contributed by atoms with Crippen molar-refractivity contribution in [1.82, 2.24) is 5.32 Å². The highest BCUT2D eigenvalue weighted by Crippen LogP contribution is 2.17. The van der Waals surface area contributed by atoms with E-state index in [9.17, 15) is 13.6 Å². The summed E-state index contributed by atoms with van der Waals surface area (Å²) < 4.78 is 26.6. The third-order valence-corrected chi connectivity index (χ3v) is 3.27. The van der Waals surface area contributed by atoms with Crippen LogP contribution in [0.4, 0.5) is 14.5 Å². The van der Waals surface area contributed by atoms with Crippen molar-refractivity contribution in [3.05, 3.63) is 65.2 Å². The Morgan fingerprint density at radius 1 is 1.10 bits per heavy atom. The second-order valence-electron chi connectivity index (χ2n) is 4.71. The molecule has 0 aliphatic heterocycles. The maximum Gasteiger partial charge on any atom is 0.258 e. The molecule has 1 atom stereocenters. The topological polar surface area (TPSA) is 41.1 Å². The van der Waals surface area contributed by atoms with E-state index in [1.165, 1.54) is 0 Å². The molecule has 2 aromatic carbocycles. The summed E-state index contributed by atoms with van der Waals surface area (Å²) in [6, 6.07) is 10.1. The summed E-state index contributed by atoms with van der Waals surface area (Å²) >= 11 is 0. The van der Waals surface area contributed by atoms with Crippen LogP contribution in [0.3, 0.4) is 0 Å². The van der Waals surface area contributed by atoms with Crippen molar-refractivity contribution >= 4 is 11.6 Å². The first-order valence-electron chi connectivity index (χ1n) is 6.55. The average molecular weight is 290 g/mol. The molecule has 0 saturated carbocycles. The van der Waals surface area contributed by atoms with Crippen LogP contribution in [0.2, 0.25) is 0 Å². The Hall–Kier alpha value is -2.27. The molecule has 0 spiro atoms. The Morgan fingerprint density at radius 2 is 1.76 bits per heavy atom. The minimum absolute atomic E-state index is 0.190. The van der Waals surface area contributed by atoms with Gasteiger partial charge in [0, 0.05) is 11.7 Å². The molecule has 1 amide bonds. The molecule has 2 N–H and O–H groups in total. The van der Waals surface area contributed by atoms with Gasteiger partial charge in [-0.1, -0.05) is 12.1 Å². The van der Waals surface area contributed by atoms with Gasteiger partial charge in [-0.25, -0.2) is 8.78 Å². The van der Waals surface area contributed by atoms with E-state index in [1.54, 1.807) is 12.1 Å². The molecule has 0 aromatic heterocycles. The summed E-state index contributed by atoms with van der Waals surface area (Å²) in [6.45, 7) is 2.01. The van der Waals surface area contributed by atoms with Gasteiger partial charge >= 0.3 is 0 Å². The smallest absolute Gasteiger partial charge is 0.258 e. The first kappa shape index (κ1) is 15.1. The highest BCUT2D eigenvalue weighted by atomic mass is 19.1. The third-order valence-electron chi connectivity index (χ3n) is 3.27. The molecule has 0 aliphatic carbocycles. The summed E-state index contributed by atoms with van der Waals surface area (Å²) in [5.41, 5.74) is 1.27. The fourth-order valence-electron chi connectivity index (χ4n) is 1.89. The summed E-state index contributed by atoms with van der Waals surface area (Å²) in [5.74, 6) is -2.09. The van der Waals surface area contributed by atoms with Gasteiger partial charge in [0.05, 0.1) is 5.56 Å². The number of halogens is 2. The number of anilines is 1. The van der Waals surface area contributed by atoms with Crippen LogP contribution in [-0.4, -0.2) is 13.0 Å². The van der Waals surface area contributed by atoms with Crippen LogP contribution < -0.4 is 10.6 Å². The standard InChI is InChI=1S/C16H16F2N2O/c1-10(19-2)11-3-6-13(7-4-11)20-16(21)14-9-12(17)5-8-15(14)18/h3-10,19H,1-2H3,(H,20,21). The highest BCUT2D eigenvalue weighted by molar-refractivity contribution is 6.04. The van der Waals surface area contributed by atoms with E-state index in [1.807, 2.05) is 26.1 Å². The van der Waals surface area contributed by atoms with Gasteiger partial charge in [0.1, 0.15) is 11.6 Å². The molecule has 110 valence electrons. The van der Waals surface area contributed by atoms with Crippen LogP contribution in [0.1, 0.15) is 28.9 Å². The first-order valence-corrected chi connectivity index (χ1v) is 6.55. The lowest BCUT2D eigenvalue weighted by Crippen LogP contribution is -2.15. The number of carbonyl (C=O) groups excluding carboxylic acids is 1. The van der Waals surface area contributed by atoms with Crippen molar-refractivity contribution in [2.24, 2.45) is 0 Å². The molecule has 0 saturated heterocycles. The zero-order chi connectivity index (χ0) is 15.4. The maximum absolute atomic E-state index is 13.5. The maximum atomic E-state index is 13.5. The van der Waals surface area contributed by atoms with E-state index in [2.05, 4.69) is 10.6 Å². The molecule has 5 heteroatoms. The lowest BCUT2D eigenvalue weighted by molar-refractivity contribution is 0.102. The van der Waals surface area contributed by atoms with Crippen LogP contribution in [0.15, 0.2) is 42.5 Å². The predicted octanol–water partition coefficient (Wildman–Crippen LogP) is 3.50. The Balaban J connectivity index is 2.14. The van der Waals surface area contributed by atoms with Crippen LogP contribution in [0.25, 0.3) is 0 Å². The van der Waals surface area contributed by atoms with Crippen molar-refractivity contribution in [2.75, 3.05) is 12.4 Å². The minimum Gasteiger partial charge on any atom is -0.322 e. The van der Waals surface area contributed by atoms with Gasteiger partial charge in [-0.15, -0.1) is 0 Å². The molecule has 0 bridgehead atoms. The van der Waals surface area contributed by atoms with Gasteiger partial charge in [0.15, 0.2) is 0 Å². The van der Waals surface area contributed by atoms with E-state index in [-0.39, 0.29) is 11.6 Å². The molecule has 3 nitrogen and oxygen atoms in total. The first-order chi connectivity index (χ1) is 10.0. The van der Waals surface area contributed by atoms with Gasteiger partial charge < -0.3 is 10.6 Å². The number of carbonyl (C=O) groups is 1. The normalized spacial score (nSPS) is 12.0. The van der Waals surface area contributed by atoms with Gasteiger partial charge in [-0.05, 0) is 49.9 Å². The zero-order valence-electron chi connectivity index (χ0n) is 11.8. The molecule has 0 heterocycles. The minimum atomic E-state index is -0.755. The van der Waals surface area contributed by atoms with Crippen molar-refractivity contribution in [3.63, 3.8) is 0 Å². The Bertz CT molecular complexity index is 641. The molecule has 2 rings (SSSR count). The van der Waals surface area contributed by atoms with E-state index in [4.69, 9.17) is 0 Å². The summed E-state index contributed by atoms with van der Waals surface area (Å²) in [5, 5.41) is 5.65. The van der Waals surface area contributed by atoms with Gasteiger partial charge in [0.2, 0.25) is 0 Å². The molecule has 2 aromatic rings. The lowest BCUT2D eigenvalue weighted by Gasteiger charge is -2.12. The monoisotopic (exact) mass is 290 g/mol. The number of hydrogen-bond donors (Lipinski definition) is 2. The van der Waals surface area contributed by atoms with Crippen LogP contribution >= 0.6 is 0 Å². The molecule has 1 unspecified atom stereocenters. The fraction of sp³-hybridized carbons (Fsp3) is 0.188.